The van der Waals surface area contributed by atoms with Gasteiger partial charge in [0, 0.05) is 5.69 Å². The molecule has 1 N–H and O–H groups in total. The molecule has 96 valence electrons. The Labute approximate surface area is 106 Å². The zero-order valence-corrected chi connectivity index (χ0v) is 10.3. The molecule has 0 aliphatic heterocycles. The van der Waals surface area contributed by atoms with Gasteiger partial charge in [-0.3, -0.25) is 0 Å². The summed E-state index contributed by atoms with van der Waals surface area (Å²) in [5.74, 6) is -0.613. The highest BCUT2D eigenvalue weighted by atomic mass is 16.5. The topological polar surface area (TPSA) is 59.4 Å². The van der Waals surface area contributed by atoms with Crippen molar-refractivity contribution in [1.82, 2.24) is 4.98 Å². The van der Waals surface area contributed by atoms with Gasteiger partial charge in [0.05, 0.1) is 0 Å². The van der Waals surface area contributed by atoms with Crippen LogP contribution in [0, 0.1) is 0 Å². The maximum Gasteiger partial charge on any atom is 0.341 e. The molecule has 1 heterocycles. The van der Waals surface area contributed by atoms with Crippen LogP contribution in [-0.4, -0.2) is 22.2 Å². The fourth-order valence-electron chi connectivity index (χ4n) is 2.50. The van der Waals surface area contributed by atoms with Crippen LogP contribution in [0.3, 0.4) is 0 Å². The van der Waals surface area contributed by atoms with Gasteiger partial charge in [-0.1, -0.05) is 0 Å². The van der Waals surface area contributed by atoms with Gasteiger partial charge in [0.1, 0.15) is 11.7 Å². The molecular formula is C14H17NO3. The van der Waals surface area contributed by atoms with E-state index in [1.54, 1.807) is 6.07 Å². The van der Waals surface area contributed by atoms with Crippen molar-refractivity contribution in [3.63, 3.8) is 0 Å². The van der Waals surface area contributed by atoms with Crippen molar-refractivity contribution in [1.29, 1.82) is 0 Å². The molecule has 1 saturated carbocycles. The number of hydrogen-bond acceptors (Lipinski definition) is 3. The zero-order valence-electron chi connectivity index (χ0n) is 10.3. The molecule has 0 aromatic carbocycles. The van der Waals surface area contributed by atoms with Gasteiger partial charge in [0.15, 0.2) is 0 Å². The molecule has 18 heavy (non-hydrogen) atoms. The van der Waals surface area contributed by atoms with Gasteiger partial charge in [0.2, 0.25) is 5.88 Å². The number of carboxylic acids is 1. The van der Waals surface area contributed by atoms with Crippen molar-refractivity contribution in [2.24, 2.45) is 0 Å². The summed E-state index contributed by atoms with van der Waals surface area (Å²) in [6.45, 7) is 0. The van der Waals surface area contributed by atoms with Crippen molar-refractivity contribution in [2.75, 3.05) is 0 Å². The predicted molar refractivity (Wildman–Crippen MR) is 66.1 cm³/mol. The molecule has 2 aliphatic carbocycles. The molecule has 1 aromatic rings. The molecule has 0 atom stereocenters. The molecule has 3 rings (SSSR count). The van der Waals surface area contributed by atoms with E-state index in [9.17, 15) is 9.90 Å². The minimum atomic E-state index is -0.940. The van der Waals surface area contributed by atoms with Gasteiger partial charge < -0.3 is 9.84 Å². The van der Waals surface area contributed by atoms with E-state index in [2.05, 4.69) is 4.98 Å². The zero-order chi connectivity index (χ0) is 12.5. The molecule has 0 spiro atoms. The lowest BCUT2D eigenvalue weighted by Crippen LogP contribution is -2.26. The van der Waals surface area contributed by atoms with Crippen molar-refractivity contribution < 1.29 is 14.6 Å². The first-order valence-electron chi connectivity index (χ1n) is 6.67. The number of aromatic nitrogens is 1. The van der Waals surface area contributed by atoms with E-state index < -0.39 is 5.97 Å². The van der Waals surface area contributed by atoms with E-state index in [0.29, 0.717) is 5.88 Å². The SMILES string of the molecule is O=C(O)c1cc2c(nc1OC1CCC1)CCCC2. The first-order valence-corrected chi connectivity index (χ1v) is 6.67. The predicted octanol–water partition coefficient (Wildman–Crippen LogP) is 2.59. The van der Waals surface area contributed by atoms with Crippen LogP contribution in [-0.2, 0) is 12.8 Å². The smallest absolute Gasteiger partial charge is 0.341 e. The first-order chi connectivity index (χ1) is 8.74. The molecule has 4 nitrogen and oxygen atoms in total. The molecule has 1 aromatic heterocycles. The highest BCUT2D eigenvalue weighted by Crippen LogP contribution is 2.30. The Hall–Kier alpha value is -1.58. The monoisotopic (exact) mass is 247 g/mol. The van der Waals surface area contributed by atoms with Crippen LogP contribution in [0.2, 0.25) is 0 Å². The number of fused-ring (bicyclic) bond motifs is 1. The Bertz CT molecular complexity index is 480. The lowest BCUT2D eigenvalue weighted by Gasteiger charge is -2.27. The largest absolute Gasteiger partial charge is 0.477 e. The molecule has 0 bridgehead atoms. The van der Waals surface area contributed by atoms with Gasteiger partial charge in [-0.05, 0) is 56.6 Å². The normalized spacial score (nSPS) is 18.9. The van der Waals surface area contributed by atoms with E-state index in [4.69, 9.17) is 4.74 Å². The third-order valence-corrected chi connectivity index (χ3v) is 3.83. The minimum absolute atomic E-state index is 0.164. The number of carbonyl (C=O) groups is 1. The average Bonchev–Trinajstić information content (AvgIpc) is 2.32. The Morgan fingerprint density at radius 2 is 2.06 bits per heavy atom. The van der Waals surface area contributed by atoms with Crippen molar-refractivity contribution in [2.45, 2.75) is 51.0 Å². The van der Waals surface area contributed by atoms with Crippen LogP contribution in [0.15, 0.2) is 6.07 Å². The summed E-state index contributed by atoms with van der Waals surface area (Å²) < 4.78 is 5.72. The second-order valence-electron chi connectivity index (χ2n) is 5.13. The van der Waals surface area contributed by atoms with Crippen molar-refractivity contribution in [3.8, 4) is 5.88 Å². The third-order valence-electron chi connectivity index (χ3n) is 3.83. The second kappa shape index (κ2) is 4.59. The number of nitrogens with zero attached hydrogens (tertiary/aromatic N) is 1. The number of rotatable bonds is 3. The van der Waals surface area contributed by atoms with E-state index in [-0.39, 0.29) is 11.7 Å². The molecule has 0 unspecified atom stereocenters. The highest BCUT2D eigenvalue weighted by molar-refractivity contribution is 5.90. The lowest BCUT2D eigenvalue weighted by atomic mass is 9.94. The van der Waals surface area contributed by atoms with Gasteiger partial charge in [-0.15, -0.1) is 0 Å². The molecule has 2 aliphatic rings. The van der Waals surface area contributed by atoms with Crippen LogP contribution < -0.4 is 4.74 Å². The molecule has 4 heteroatoms. The Morgan fingerprint density at radius 1 is 1.28 bits per heavy atom. The maximum atomic E-state index is 11.3. The molecule has 1 fully saturated rings. The highest BCUT2D eigenvalue weighted by Gasteiger charge is 2.25. The van der Waals surface area contributed by atoms with Crippen LogP contribution in [0.5, 0.6) is 5.88 Å². The van der Waals surface area contributed by atoms with Crippen LogP contribution in [0.1, 0.15) is 53.7 Å². The molecule has 0 radical (unpaired) electrons. The van der Waals surface area contributed by atoms with Crippen LogP contribution in [0.25, 0.3) is 0 Å². The Balaban J connectivity index is 1.95. The summed E-state index contributed by atoms with van der Waals surface area (Å²) in [7, 11) is 0. The number of pyridine rings is 1. The third kappa shape index (κ3) is 2.07. The van der Waals surface area contributed by atoms with E-state index in [1.807, 2.05) is 0 Å². The standard InChI is InChI=1S/C14H17NO3/c16-14(17)11-8-9-4-1-2-7-12(9)15-13(11)18-10-5-3-6-10/h8,10H,1-7H2,(H,16,17). The molecular weight excluding hydrogens is 230 g/mol. The van der Waals surface area contributed by atoms with Gasteiger partial charge in [0.25, 0.3) is 0 Å². The summed E-state index contributed by atoms with van der Waals surface area (Å²) in [6, 6.07) is 1.76. The fourth-order valence-corrected chi connectivity index (χ4v) is 2.50. The summed E-state index contributed by atoms with van der Waals surface area (Å²) in [5.41, 5.74) is 2.34. The number of hydrogen-bond donors (Lipinski definition) is 1. The summed E-state index contributed by atoms with van der Waals surface area (Å²) in [4.78, 5) is 15.7. The number of ether oxygens (including phenoxy) is 1. The quantitative estimate of drug-likeness (QED) is 0.891. The summed E-state index contributed by atoms with van der Waals surface area (Å²) in [6.07, 6.45) is 7.49. The van der Waals surface area contributed by atoms with E-state index in [0.717, 1.165) is 56.2 Å². The molecule has 0 amide bonds. The van der Waals surface area contributed by atoms with Gasteiger partial charge in [-0.2, -0.15) is 0 Å². The average molecular weight is 247 g/mol. The van der Waals surface area contributed by atoms with Crippen LogP contribution in [0.4, 0.5) is 0 Å². The number of aryl methyl sites for hydroxylation is 2. The summed E-state index contributed by atoms with van der Waals surface area (Å²) >= 11 is 0. The van der Waals surface area contributed by atoms with Crippen molar-refractivity contribution >= 4 is 5.97 Å². The Morgan fingerprint density at radius 3 is 2.72 bits per heavy atom. The van der Waals surface area contributed by atoms with Gasteiger partial charge in [-0.25, -0.2) is 9.78 Å². The number of aromatic carboxylic acids is 1. The minimum Gasteiger partial charge on any atom is -0.477 e. The fraction of sp³-hybridized carbons (Fsp3) is 0.571. The van der Waals surface area contributed by atoms with E-state index in [1.165, 1.54) is 0 Å². The Kier molecular flexibility index (Phi) is 2.94. The molecule has 0 saturated heterocycles. The number of carboxylic acid groups (broad SMARTS) is 1. The van der Waals surface area contributed by atoms with Crippen molar-refractivity contribution in [3.05, 3.63) is 22.9 Å². The van der Waals surface area contributed by atoms with Gasteiger partial charge >= 0.3 is 5.97 Å². The second-order valence-corrected chi connectivity index (χ2v) is 5.13. The maximum absolute atomic E-state index is 11.3. The summed E-state index contributed by atoms with van der Waals surface area (Å²) in [5, 5.41) is 9.25. The van der Waals surface area contributed by atoms with E-state index >= 15 is 0 Å². The van der Waals surface area contributed by atoms with Crippen LogP contribution >= 0.6 is 0 Å². The lowest BCUT2D eigenvalue weighted by molar-refractivity contribution is 0.0675. The first kappa shape index (κ1) is 11.5.